The van der Waals surface area contributed by atoms with Gasteiger partial charge in [0.2, 0.25) is 0 Å². The van der Waals surface area contributed by atoms with Gasteiger partial charge in [-0.15, -0.1) is 0 Å². The van der Waals surface area contributed by atoms with Crippen molar-refractivity contribution in [1.29, 1.82) is 0 Å². The number of rotatable bonds is 5. The first-order chi connectivity index (χ1) is 18.1. The van der Waals surface area contributed by atoms with Gasteiger partial charge in [0.05, 0.1) is 11.1 Å². The number of benzene rings is 3. The quantitative estimate of drug-likeness (QED) is 0.391. The van der Waals surface area contributed by atoms with E-state index in [1.54, 1.807) is 12.1 Å². The maximum Gasteiger partial charge on any atom is 0.255 e. The number of para-hydroxylation sites is 1. The number of carbonyl (C=O) groups is 2. The van der Waals surface area contributed by atoms with Crippen LogP contribution in [0, 0.1) is 5.82 Å². The number of anilines is 1. The summed E-state index contributed by atoms with van der Waals surface area (Å²) in [6, 6.07) is 18.6. The summed E-state index contributed by atoms with van der Waals surface area (Å²) in [6.45, 7) is 1.33. The molecule has 2 amide bonds. The number of halogens is 1. The van der Waals surface area contributed by atoms with Crippen LogP contribution in [0.15, 0.2) is 77.8 Å². The summed E-state index contributed by atoms with van der Waals surface area (Å²) in [7, 11) is -1.76. The van der Waals surface area contributed by atoms with Crippen LogP contribution >= 0.6 is 0 Å². The van der Waals surface area contributed by atoms with Crippen LogP contribution in [0.5, 0.6) is 0 Å². The third-order valence-electron chi connectivity index (χ3n) is 7.14. The van der Waals surface area contributed by atoms with Crippen LogP contribution in [0.3, 0.4) is 0 Å². The van der Waals surface area contributed by atoms with Crippen molar-refractivity contribution in [2.24, 2.45) is 7.05 Å². The predicted molar refractivity (Wildman–Crippen MR) is 145 cm³/mol. The Balaban J connectivity index is 1.21. The Kier molecular flexibility index (Phi) is 6.79. The Hall–Kier alpha value is -3.98. The maximum absolute atomic E-state index is 14.2. The van der Waals surface area contributed by atoms with E-state index >= 15 is 0 Å². The number of carbonyl (C=O) groups excluding carboxylic acids is 2. The van der Waals surface area contributed by atoms with Crippen LogP contribution < -0.4 is 5.32 Å². The highest BCUT2D eigenvalue weighted by molar-refractivity contribution is 7.90. The lowest BCUT2D eigenvalue weighted by Crippen LogP contribution is -2.38. The molecular weight excluding hydrogens is 505 g/mol. The lowest BCUT2D eigenvalue weighted by Gasteiger charge is -2.32. The number of nitrogens with zero attached hydrogens (tertiary/aromatic N) is 2. The number of aromatic nitrogens is 1. The molecule has 0 bridgehead atoms. The fraction of sp³-hybridized carbons (Fsp3) is 0.241. The van der Waals surface area contributed by atoms with Crippen molar-refractivity contribution >= 4 is 38.2 Å². The highest BCUT2D eigenvalue weighted by Crippen LogP contribution is 2.30. The zero-order valence-electron chi connectivity index (χ0n) is 21.1. The second-order valence-corrected chi connectivity index (χ2v) is 11.7. The molecule has 1 saturated heterocycles. The first kappa shape index (κ1) is 25.7. The van der Waals surface area contributed by atoms with Gasteiger partial charge in [-0.25, -0.2) is 12.8 Å². The zero-order valence-corrected chi connectivity index (χ0v) is 22.0. The van der Waals surface area contributed by atoms with Gasteiger partial charge in [-0.2, -0.15) is 0 Å². The van der Waals surface area contributed by atoms with Crippen molar-refractivity contribution < 1.29 is 22.4 Å². The fourth-order valence-electron chi connectivity index (χ4n) is 5.10. The second-order valence-electron chi connectivity index (χ2n) is 9.73. The van der Waals surface area contributed by atoms with Crippen LogP contribution in [-0.2, 0) is 16.9 Å². The smallest absolute Gasteiger partial charge is 0.255 e. The molecule has 7 nitrogen and oxygen atoms in total. The molecule has 5 rings (SSSR count). The van der Waals surface area contributed by atoms with Crippen LogP contribution in [0.2, 0.25) is 0 Å². The van der Waals surface area contributed by atoms with E-state index < -0.39 is 26.5 Å². The van der Waals surface area contributed by atoms with Gasteiger partial charge in [-0.05, 0) is 66.8 Å². The van der Waals surface area contributed by atoms with Crippen molar-refractivity contribution in [3.8, 4) is 0 Å². The number of hydrogen-bond donors (Lipinski definition) is 1. The van der Waals surface area contributed by atoms with Crippen molar-refractivity contribution in [2.45, 2.75) is 23.7 Å². The number of fused-ring (bicyclic) bond motifs is 1. The number of likely N-dealkylation sites (tertiary alicyclic amines) is 1. The van der Waals surface area contributed by atoms with Crippen LogP contribution in [0.4, 0.5) is 10.1 Å². The molecule has 1 N–H and O–H groups in total. The largest absolute Gasteiger partial charge is 0.350 e. The molecule has 3 aromatic carbocycles. The Morgan fingerprint density at radius 2 is 1.68 bits per heavy atom. The monoisotopic (exact) mass is 533 g/mol. The standard InChI is InChI=1S/C29H28FN3O4S/c1-32-15-12-21-4-3-5-24(27(21)32)29(35)33-16-13-20(14-17-33)19-6-9-23(10-7-19)31-28(34)22-8-11-26(25(30)18-22)38(2,36)37/h3-12,15,18,20H,13-14,16-17H2,1-2H3,(H,31,34). The van der Waals surface area contributed by atoms with Crippen LogP contribution in [0.1, 0.15) is 45.0 Å². The zero-order chi connectivity index (χ0) is 27.0. The second kappa shape index (κ2) is 10.1. The van der Waals surface area contributed by atoms with E-state index in [0.29, 0.717) is 24.7 Å². The number of sulfone groups is 1. The summed E-state index contributed by atoms with van der Waals surface area (Å²) in [5.41, 5.74) is 3.38. The minimum atomic E-state index is -3.71. The van der Waals surface area contributed by atoms with E-state index in [1.807, 2.05) is 59.1 Å². The molecule has 4 aromatic rings. The molecule has 0 spiro atoms. The normalized spacial score (nSPS) is 14.6. The SMILES string of the molecule is Cn1ccc2cccc(C(=O)N3CCC(c4ccc(NC(=O)c5ccc(S(C)(=O)=O)c(F)c5)cc4)CC3)c21. The minimum absolute atomic E-state index is 0.0297. The van der Waals surface area contributed by atoms with Gasteiger partial charge >= 0.3 is 0 Å². The maximum atomic E-state index is 14.2. The van der Waals surface area contributed by atoms with E-state index in [1.165, 1.54) is 6.07 Å². The van der Waals surface area contributed by atoms with Gasteiger partial charge in [-0.1, -0.05) is 24.3 Å². The molecule has 9 heteroatoms. The molecule has 0 unspecified atom stereocenters. The topological polar surface area (TPSA) is 88.5 Å². The Labute approximate surface area is 220 Å². The van der Waals surface area contributed by atoms with E-state index in [0.717, 1.165) is 53.3 Å². The molecular formula is C29H28FN3O4S. The molecule has 38 heavy (non-hydrogen) atoms. The first-order valence-corrected chi connectivity index (χ1v) is 14.3. The van der Waals surface area contributed by atoms with E-state index in [9.17, 15) is 22.4 Å². The van der Waals surface area contributed by atoms with Crippen molar-refractivity contribution in [2.75, 3.05) is 24.7 Å². The third-order valence-corrected chi connectivity index (χ3v) is 8.27. The van der Waals surface area contributed by atoms with E-state index in [4.69, 9.17) is 0 Å². The highest BCUT2D eigenvalue weighted by atomic mass is 32.2. The Bertz CT molecular complexity index is 1640. The molecule has 0 atom stereocenters. The Morgan fingerprint density at radius 3 is 2.34 bits per heavy atom. The molecule has 2 heterocycles. The molecule has 196 valence electrons. The molecule has 1 aliphatic heterocycles. The highest BCUT2D eigenvalue weighted by Gasteiger charge is 2.26. The van der Waals surface area contributed by atoms with Crippen molar-refractivity contribution in [3.05, 3.63) is 95.4 Å². The molecule has 0 aliphatic carbocycles. The number of nitrogens with one attached hydrogen (secondary N) is 1. The Morgan fingerprint density at radius 1 is 0.974 bits per heavy atom. The summed E-state index contributed by atoms with van der Waals surface area (Å²) < 4.78 is 39.3. The minimum Gasteiger partial charge on any atom is -0.350 e. The predicted octanol–water partition coefficient (Wildman–Crippen LogP) is 4.99. The number of amides is 2. The number of aryl methyl sites for hydroxylation is 1. The number of piperidine rings is 1. The average molecular weight is 534 g/mol. The third kappa shape index (κ3) is 5.06. The van der Waals surface area contributed by atoms with Crippen molar-refractivity contribution in [3.63, 3.8) is 0 Å². The molecule has 1 aliphatic rings. The molecule has 1 fully saturated rings. The van der Waals surface area contributed by atoms with Gasteiger partial charge in [0.25, 0.3) is 11.8 Å². The average Bonchev–Trinajstić information content (AvgIpc) is 3.29. The molecule has 0 saturated carbocycles. The van der Waals surface area contributed by atoms with E-state index in [-0.39, 0.29) is 11.5 Å². The van der Waals surface area contributed by atoms with Gasteiger partial charge < -0.3 is 14.8 Å². The lowest BCUT2D eigenvalue weighted by atomic mass is 9.89. The van der Waals surface area contributed by atoms with Gasteiger partial charge in [0.15, 0.2) is 9.84 Å². The lowest BCUT2D eigenvalue weighted by molar-refractivity contribution is 0.0714. The van der Waals surface area contributed by atoms with Crippen LogP contribution in [-0.4, -0.2) is 49.0 Å². The van der Waals surface area contributed by atoms with E-state index in [2.05, 4.69) is 5.32 Å². The fourth-order valence-corrected chi connectivity index (χ4v) is 5.83. The molecule has 1 aromatic heterocycles. The summed E-state index contributed by atoms with van der Waals surface area (Å²) in [5, 5.41) is 3.77. The summed E-state index contributed by atoms with van der Waals surface area (Å²) in [4.78, 5) is 27.3. The molecule has 0 radical (unpaired) electrons. The van der Waals surface area contributed by atoms with Crippen molar-refractivity contribution in [1.82, 2.24) is 9.47 Å². The first-order valence-electron chi connectivity index (χ1n) is 12.4. The van der Waals surface area contributed by atoms with Crippen LogP contribution in [0.25, 0.3) is 10.9 Å². The van der Waals surface area contributed by atoms with Gasteiger partial charge in [0.1, 0.15) is 10.7 Å². The number of hydrogen-bond acceptors (Lipinski definition) is 4. The summed E-state index contributed by atoms with van der Waals surface area (Å²) in [5.74, 6) is -1.14. The summed E-state index contributed by atoms with van der Waals surface area (Å²) in [6.07, 6.45) is 4.56. The van der Waals surface area contributed by atoms with Gasteiger partial charge in [-0.3, -0.25) is 9.59 Å². The van der Waals surface area contributed by atoms with Gasteiger partial charge in [0, 0.05) is 49.2 Å². The summed E-state index contributed by atoms with van der Waals surface area (Å²) >= 11 is 0.